The fourth-order valence-corrected chi connectivity index (χ4v) is 1.26. The minimum absolute atomic E-state index is 0. The molecule has 0 fully saturated rings. The molecule has 21 heavy (non-hydrogen) atoms. The van der Waals surface area contributed by atoms with Gasteiger partial charge < -0.3 is 0 Å². The van der Waals surface area contributed by atoms with Crippen LogP contribution >= 0.6 is 0 Å². The Kier molecular flexibility index (Phi) is 35.5. The van der Waals surface area contributed by atoms with Crippen molar-refractivity contribution in [3.05, 3.63) is 60.7 Å². The zero-order valence-electron chi connectivity index (χ0n) is 14.8. The van der Waals surface area contributed by atoms with Crippen LogP contribution in [0.1, 0.15) is 62.8 Å². The van der Waals surface area contributed by atoms with Crippen molar-refractivity contribution in [3.8, 4) is 11.1 Å². The van der Waals surface area contributed by atoms with E-state index in [0.717, 1.165) is 0 Å². The van der Waals surface area contributed by atoms with Crippen LogP contribution in [0.5, 0.6) is 0 Å². The third-order valence-electron chi connectivity index (χ3n) is 1.88. The Morgan fingerprint density at radius 3 is 0.762 bits per heavy atom. The van der Waals surface area contributed by atoms with Crippen LogP contribution in [0.2, 0.25) is 0 Å². The van der Waals surface area contributed by atoms with Gasteiger partial charge in [-0.1, -0.05) is 123 Å². The summed E-state index contributed by atoms with van der Waals surface area (Å²) in [6.07, 6.45) is 0. The fourth-order valence-electron chi connectivity index (χ4n) is 1.26. The smallest absolute Gasteiger partial charge is 0.0184 e. The summed E-state index contributed by atoms with van der Waals surface area (Å²) in [5, 5.41) is 0. The molecule has 0 heteroatoms. The molecule has 0 heterocycles. The first-order valence-corrected chi connectivity index (χ1v) is 8.07. The van der Waals surface area contributed by atoms with Crippen LogP contribution in [-0.2, 0) is 0 Å². The van der Waals surface area contributed by atoms with E-state index in [0.29, 0.717) is 0 Å². The van der Waals surface area contributed by atoms with Crippen molar-refractivity contribution >= 4 is 0 Å². The van der Waals surface area contributed by atoms with Crippen LogP contribution in [0.25, 0.3) is 11.1 Å². The standard InChI is InChI=1S/C12H10.4C2H6.CH4/c1-3-7-11(8-4-1)12-9-5-2-6-10-12;4*1-2;/h1-10H;4*1-2H3;1H4. The van der Waals surface area contributed by atoms with Gasteiger partial charge in [-0.25, -0.2) is 0 Å². The topological polar surface area (TPSA) is 0 Å². The highest BCUT2D eigenvalue weighted by molar-refractivity contribution is 5.62. The van der Waals surface area contributed by atoms with Crippen molar-refractivity contribution in [1.82, 2.24) is 0 Å². The Morgan fingerprint density at radius 2 is 0.571 bits per heavy atom. The van der Waals surface area contributed by atoms with Crippen molar-refractivity contribution in [1.29, 1.82) is 0 Å². The van der Waals surface area contributed by atoms with Crippen LogP contribution in [-0.4, -0.2) is 0 Å². The van der Waals surface area contributed by atoms with Crippen molar-refractivity contribution in [3.63, 3.8) is 0 Å². The molecule has 0 saturated carbocycles. The zero-order chi connectivity index (χ0) is 16.2. The van der Waals surface area contributed by atoms with E-state index in [-0.39, 0.29) is 7.43 Å². The lowest BCUT2D eigenvalue weighted by atomic mass is 10.1. The fraction of sp³-hybridized carbons (Fsp3) is 0.429. The highest BCUT2D eigenvalue weighted by atomic mass is 14.0. The molecule has 0 unspecified atom stereocenters. The van der Waals surface area contributed by atoms with Gasteiger partial charge >= 0.3 is 0 Å². The van der Waals surface area contributed by atoms with E-state index in [4.69, 9.17) is 0 Å². The van der Waals surface area contributed by atoms with Crippen molar-refractivity contribution < 1.29 is 0 Å². The van der Waals surface area contributed by atoms with E-state index in [2.05, 4.69) is 48.5 Å². The zero-order valence-corrected chi connectivity index (χ0v) is 14.8. The van der Waals surface area contributed by atoms with Gasteiger partial charge in [-0.2, -0.15) is 0 Å². The molecule has 0 aliphatic carbocycles. The van der Waals surface area contributed by atoms with E-state index in [1.165, 1.54) is 11.1 Å². The molecule has 0 spiro atoms. The van der Waals surface area contributed by atoms with Gasteiger partial charge in [-0.3, -0.25) is 0 Å². The monoisotopic (exact) mass is 290 g/mol. The summed E-state index contributed by atoms with van der Waals surface area (Å²) in [6, 6.07) is 20.8. The van der Waals surface area contributed by atoms with E-state index in [1.54, 1.807) is 0 Å². The van der Waals surface area contributed by atoms with Gasteiger partial charge in [0.1, 0.15) is 0 Å². The lowest BCUT2D eigenvalue weighted by Gasteiger charge is -1.98. The van der Waals surface area contributed by atoms with Crippen LogP contribution in [0.4, 0.5) is 0 Å². The largest absolute Gasteiger partial charge is 0.0776 e. The maximum Gasteiger partial charge on any atom is -0.0184 e. The Labute approximate surface area is 135 Å². The number of hydrogen-bond donors (Lipinski definition) is 0. The minimum atomic E-state index is 0. The molecule has 2 rings (SSSR count). The molecule has 122 valence electrons. The molecule has 0 atom stereocenters. The molecule has 0 radical (unpaired) electrons. The van der Waals surface area contributed by atoms with Gasteiger partial charge in [0.05, 0.1) is 0 Å². The van der Waals surface area contributed by atoms with Gasteiger partial charge in [0.25, 0.3) is 0 Å². The Bertz CT molecular complexity index is 297. The summed E-state index contributed by atoms with van der Waals surface area (Å²) < 4.78 is 0. The third-order valence-corrected chi connectivity index (χ3v) is 1.88. The third kappa shape index (κ3) is 14.7. The van der Waals surface area contributed by atoms with Gasteiger partial charge in [0, 0.05) is 0 Å². The molecule has 0 nitrogen and oxygen atoms in total. The summed E-state index contributed by atoms with van der Waals surface area (Å²) in [5.74, 6) is 0. The highest BCUT2D eigenvalue weighted by Crippen LogP contribution is 2.17. The van der Waals surface area contributed by atoms with Crippen LogP contribution in [0.15, 0.2) is 60.7 Å². The second kappa shape index (κ2) is 26.9. The number of hydrogen-bond acceptors (Lipinski definition) is 0. The second-order valence-electron chi connectivity index (χ2n) is 2.73. The predicted molar refractivity (Wildman–Crippen MR) is 104 cm³/mol. The second-order valence-corrected chi connectivity index (χ2v) is 2.73. The first-order valence-electron chi connectivity index (χ1n) is 8.07. The summed E-state index contributed by atoms with van der Waals surface area (Å²) in [5.41, 5.74) is 2.55. The van der Waals surface area contributed by atoms with E-state index < -0.39 is 0 Å². The van der Waals surface area contributed by atoms with Crippen molar-refractivity contribution in [2.75, 3.05) is 0 Å². The first-order chi connectivity index (χ1) is 9.97. The predicted octanol–water partition coefficient (Wildman–Crippen LogP) is 8.09. The lowest BCUT2D eigenvalue weighted by molar-refractivity contribution is 1.50. The van der Waals surface area contributed by atoms with Crippen LogP contribution in [0.3, 0.4) is 0 Å². The first kappa shape index (κ1) is 27.7. The van der Waals surface area contributed by atoms with Crippen LogP contribution < -0.4 is 0 Å². The molecule has 2 aromatic rings. The van der Waals surface area contributed by atoms with Crippen molar-refractivity contribution in [2.45, 2.75) is 62.8 Å². The van der Waals surface area contributed by atoms with Gasteiger partial charge in [0.15, 0.2) is 0 Å². The minimum Gasteiger partial charge on any atom is -0.0776 e. The molecular weight excluding hydrogens is 252 g/mol. The average Bonchev–Trinajstić information content (AvgIpc) is 2.63. The number of benzene rings is 2. The molecule has 0 saturated heterocycles. The van der Waals surface area contributed by atoms with E-state index in [1.807, 2.05) is 67.5 Å². The average molecular weight is 291 g/mol. The molecule has 0 N–H and O–H groups in total. The highest BCUT2D eigenvalue weighted by Gasteiger charge is 1.91. The quantitative estimate of drug-likeness (QED) is 0.497. The molecule has 0 aromatic heterocycles. The molecule has 0 amide bonds. The molecular formula is C21H38. The Morgan fingerprint density at radius 1 is 0.381 bits per heavy atom. The summed E-state index contributed by atoms with van der Waals surface area (Å²) in [7, 11) is 0. The molecule has 0 aliphatic rings. The van der Waals surface area contributed by atoms with E-state index >= 15 is 0 Å². The normalized spacial score (nSPS) is 6.67. The van der Waals surface area contributed by atoms with Gasteiger partial charge in [-0.15, -0.1) is 0 Å². The summed E-state index contributed by atoms with van der Waals surface area (Å²) in [4.78, 5) is 0. The number of rotatable bonds is 1. The SMILES string of the molecule is C.CC.CC.CC.CC.c1ccc(-c2ccccc2)cc1. The molecule has 0 aliphatic heterocycles. The Hall–Kier alpha value is -1.56. The van der Waals surface area contributed by atoms with Gasteiger partial charge in [0.2, 0.25) is 0 Å². The Balaban J connectivity index is -0.000000141. The van der Waals surface area contributed by atoms with Crippen molar-refractivity contribution in [2.24, 2.45) is 0 Å². The summed E-state index contributed by atoms with van der Waals surface area (Å²) >= 11 is 0. The van der Waals surface area contributed by atoms with Gasteiger partial charge in [-0.05, 0) is 11.1 Å². The van der Waals surface area contributed by atoms with E-state index in [9.17, 15) is 0 Å². The summed E-state index contributed by atoms with van der Waals surface area (Å²) in [6.45, 7) is 16.0. The molecule has 0 bridgehead atoms. The van der Waals surface area contributed by atoms with Crippen LogP contribution in [0, 0.1) is 0 Å². The maximum absolute atomic E-state index is 2.12. The molecule has 2 aromatic carbocycles. The lowest BCUT2D eigenvalue weighted by Crippen LogP contribution is -1.73. The maximum atomic E-state index is 2.12.